The van der Waals surface area contributed by atoms with Gasteiger partial charge in [0.15, 0.2) is 0 Å². The molecule has 2 heteroatoms. The van der Waals surface area contributed by atoms with Crippen LogP contribution in [-0.2, 0) is 5.41 Å². The number of aryl methyl sites for hydroxylation is 1. The maximum atomic E-state index is 5.05. The molecule has 0 atom stereocenters. The fourth-order valence-corrected chi connectivity index (χ4v) is 3.97. The number of fused-ring (bicyclic) bond motifs is 3. The lowest BCUT2D eigenvalue weighted by Crippen LogP contribution is -2.26. The number of hydrogen-bond acceptors (Lipinski definition) is 2. The minimum Gasteiger partial charge on any atom is -0.248 e. The fourth-order valence-electron chi connectivity index (χ4n) is 3.97. The number of aromatic nitrogens is 2. The van der Waals surface area contributed by atoms with Gasteiger partial charge in [-0.1, -0.05) is 56.3 Å². The smallest absolute Gasteiger partial charge is 0.0940 e. The van der Waals surface area contributed by atoms with E-state index in [1.165, 1.54) is 27.5 Å². The molecule has 0 amide bonds. The first kappa shape index (κ1) is 13.7. The van der Waals surface area contributed by atoms with Crippen molar-refractivity contribution in [3.63, 3.8) is 0 Å². The van der Waals surface area contributed by atoms with E-state index in [0.717, 1.165) is 22.4 Å². The van der Waals surface area contributed by atoms with Crippen LogP contribution in [0.1, 0.15) is 30.7 Å². The Morgan fingerprint density at radius 1 is 0.833 bits per heavy atom. The molecule has 3 aromatic carbocycles. The molecule has 116 valence electrons. The molecule has 4 aromatic rings. The van der Waals surface area contributed by atoms with Crippen molar-refractivity contribution in [2.45, 2.75) is 26.2 Å². The van der Waals surface area contributed by atoms with Crippen molar-refractivity contribution in [2.24, 2.45) is 0 Å². The van der Waals surface area contributed by atoms with E-state index < -0.39 is 0 Å². The van der Waals surface area contributed by atoms with Gasteiger partial charge in [-0.2, -0.15) is 0 Å². The third-order valence-electron chi connectivity index (χ3n) is 5.24. The molecule has 1 heterocycles. The first-order chi connectivity index (χ1) is 11.6. The molecule has 0 bridgehead atoms. The van der Waals surface area contributed by atoms with Gasteiger partial charge in [0.05, 0.1) is 22.4 Å². The Labute approximate surface area is 141 Å². The molecule has 1 aliphatic carbocycles. The highest BCUT2D eigenvalue weighted by atomic mass is 14.9. The van der Waals surface area contributed by atoms with Crippen LogP contribution in [0.25, 0.3) is 33.1 Å². The first-order valence-electron chi connectivity index (χ1n) is 8.37. The molecule has 5 rings (SSSR count). The van der Waals surface area contributed by atoms with E-state index >= 15 is 0 Å². The molecule has 1 aliphatic rings. The maximum Gasteiger partial charge on any atom is 0.0940 e. The molecule has 1 aromatic heterocycles. The van der Waals surface area contributed by atoms with Crippen LogP contribution in [0.5, 0.6) is 0 Å². The van der Waals surface area contributed by atoms with Crippen LogP contribution in [0.2, 0.25) is 0 Å². The van der Waals surface area contributed by atoms with Crippen LogP contribution in [0.4, 0.5) is 0 Å². The predicted molar refractivity (Wildman–Crippen MR) is 99.3 cm³/mol. The van der Waals surface area contributed by atoms with Gasteiger partial charge in [0.25, 0.3) is 0 Å². The number of rotatable bonds is 0. The Morgan fingerprint density at radius 2 is 1.62 bits per heavy atom. The SMILES string of the molecule is Cc1ccc2nc3c(nc2c1)C(C)(C)c1cccc2cccc-3c12. The Morgan fingerprint density at radius 3 is 2.46 bits per heavy atom. The minimum atomic E-state index is -0.159. The van der Waals surface area contributed by atoms with Gasteiger partial charge < -0.3 is 0 Å². The Balaban J connectivity index is 1.99. The standard InChI is InChI=1S/C22H18N2/c1-13-10-11-17-18(12-13)24-21-20(23-17)15-8-4-6-14-7-5-9-16(19(14)15)22(21,2)3/h4-12H,1-3H3. The van der Waals surface area contributed by atoms with Crippen molar-refractivity contribution >= 4 is 21.8 Å². The van der Waals surface area contributed by atoms with E-state index in [-0.39, 0.29) is 5.41 Å². The van der Waals surface area contributed by atoms with Gasteiger partial charge in [0.1, 0.15) is 0 Å². The van der Waals surface area contributed by atoms with E-state index in [1.54, 1.807) is 0 Å². The molecule has 0 fully saturated rings. The fraction of sp³-hybridized carbons (Fsp3) is 0.182. The summed E-state index contributed by atoms with van der Waals surface area (Å²) in [5.74, 6) is 0. The van der Waals surface area contributed by atoms with Crippen LogP contribution in [0.15, 0.2) is 54.6 Å². The van der Waals surface area contributed by atoms with Crippen molar-refractivity contribution in [1.29, 1.82) is 0 Å². The molecule has 0 spiro atoms. The first-order valence-corrected chi connectivity index (χ1v) is 8.37. The van der Waals surface area contributed by atoms with E-state index in [4.69, 9.17) is 9.97 Å². The second kappa shape index (κ2) is 4.41. The van der Waals surface area contributed by atoms with Crippen LogP contribution in [-0.4, -0.2) is 9.97 Å². The molecule has 0 aliphatic heterocycles. The summed E-state index contributed by atoms with van der Waals surface area (Å²) >= 11 is 0. The summed E-state index contributed by atoms with van der Waals surface area (Å²) in [7, 11) is 0. The number of hydrogen-bond donors (Lipinski definition) is 0. The zero-order chi connectivity index (χ0) is 16.5. The average Bonchev–Trinajstić information content (AvgIpc) is 2.58. The van der Waals surface area contributed by atoms with Crippen LogP contribution < -0.4 is 0 Å². The largest absolute Gasteiger partial charge is 0.248 e. The summed E-state index contributed by atoms with van der Waals surface area (Å²) in [5, 5.41) is 2.59. The third-order valence-corrected chi connectivity index (χ3v) is 5.24. The number of nitrogens with zero attached hydrogens (tertiary/aromatic N) is 2. The monoisotopic (exact) mass is 310 g/mol. The van der Waals surface area contributed by atoms with Crippen molar-refractivity contribution in [1.82, 2.24) is 9.97 Å². The lowest BCUT2D eigenvalue weighted by Gasteiger charge is -2.33. The van der Waals surface area contributed by atoms with E-state index in [9.17, 15) is 0 Å². The molecule has 0 saturated carbocycles. The third kappa shape index (κ3) is 1.66. The molecule has 2 nitrogen and oxygen atoms in total. The molecular formula is C22H18N2. The van der Waals surface area contributed by atoms with Gasteiger partial charge in [-0.25, -0.2) is 9.97 Å². The van der Waals surface area contributed by atoms with Gasteiger partial charge in [-0.05, 0) is 41.0 Å². The lowest BCUT2D eigenvalue weighted by atomic mass is 9.72. The molecule has 0 N–H and O–H groups in total. The second-order valence-electron chi connectivity index (χ2n) is 7.25. The minimum absolute atomic E-state index is 0.159. The summed E-state index contributed by atoms with van der Waals surface area (Å²) in [6, 6.07) is 19.3. The van der Waals surface area contributed by atoms with Crippen LogP contribution >= 0.6 is 0 Å². The molecular weight excluding hydrogens is 292 g/mol. The zero-order valence-electron chi connectivity index (χ0n) is 14.1. The van der Waals surface area contributed by atoms with Gasteiger partial charge in [0, 0.05) is 11.0 Å². The summed E-state index contributed by atoms with van der Waals surface area (Å²) in [5.41, 5.74) is 7.64. The summed E-state index contributed by atoms with van der Waals surface area (Å²) in [6.07, 6.45) is 0. The highest BCUT2D eigenvalue weighted by Crippen LogP contribution is 2.47. The van der Waals surface area contributed by atoms with E-state index in [2.05, 4.69) is 75.4 Å². The van der Waals surface area contributed by atoms with Crippen molar-refractivity contribution < 1.29 is 0 Å². The number of benzene rings is 3. The van der Waals surface area contributed by atoms with E-state index in [0.29, 0.717) is 0 Å². The van der Waals surface area contributed by atoms with Crippen molar-refractivity contribution in [3.05, 3.63) is 71.4 Å². The summed E-state index contributed by atoms with van der Waals surface area (Å²) in [6.45, 7) is 6.61. The normalized spacial score (nSPS) is 14.8. The van der Waals surface area contributed by atoms with Crippen LogP contribution in [0, 0.1) is 6.92 Å². The van der Waals surface area contributed by atoms with Gasteiger partial charge >= 0.3 is 0 Å². The topological polar surface area (TPSA) is 25.8 Å². The maximum absolute atomic E-state index is 5.05. The Kier molecular flexibility index (Phi) is 2.52. The second-order valence-corrected chi connectivity index (χ2v) is 7.25. The lowest BCUT2D eigenvalue weighted by molar-refractivity contribution is 0.620. The van der Waals surface area contributed by atoms with Gasteiger partial charge in [-0.3, -0.25) is 0 Å². The summed E-state index contributed by atoms with van der Waals surface area (Å²) in [4.78, 5) is 10.1. The Hall–Kier alpha value is -2.74. The predicted octanol–water partition coefficient (Wildman–Crippen LogP) is 5.40. The van der Waals surface area contributed by atoms with Crippen molar-refractivity contribution in [2.75, 3.05) is 0 Å². The summed E-state index contributed by atoms with van der Waals surface area (Å²) < 4.78 is 0. The highest BCUT2D eigenvalue weighted by Gasteiger charge is 2.35. The average molecular weight is 310 g/mol. The molecule has 0 saturated heterocycles. The van der Waals surface area contributed by atoms with E-state index in [1.807, 2.05) is 0 Å². The Bertz CT molecular complexity index is 1130. The highest BCUT2D eigenvalue weighted by molar-refractivity contribution is 6.02. The zero-order valence-corrected chi connectivity index (χ0v) is 14.1. The van der Waals surface area contributed by atoms with Crippen molar-refractivity contribution in [3.8, 4) is 11.3 Å². The van der Waals surface area contributed by atoms with Gasteiger partial charge in [-0.15, -0.1) is 0 Å². The van der Waals surface area contributed by atoms with Crippen LogP contribution in [0.3, 0.4) is 0 Å². The molecule has 24 heavy (non-hydrogen) atoms. The van der Waals surface area contributed by atoms with Gasteiger partial charge in [0.2, 0.25) is 0 Å². The quantitative estimate of drug-likeness (QED) is 0.435. The molecule has 0 radical (unpaired) electrons. The molecule has 0 unspecified atom stereocenters.